The van der Waals surface area contributed by atoms with Crippen molar-refractivity contribution in [2.45, 2.75) is 107 Å². The Morgan fingerprint density at radius 1 is 1.05 bits per heavy atom. The average molecular weight is 538 g/mol. The summed E-state index contributed by atoms with van der Waals surface area (Å²) in [6, 6.07) is 0.0739. The van der Waals surface area contributed by atoms with E-state index in [1.165, 1.54) is 0 Å². The summed E-state index contributed by atoms with van der Waals surface area (Å²) in [5, 5.41) is 0. The van der Waals surface area contributed by atoms with Crippen LogP contribution < -0.4 is 0 Å². The summed E-state index contributed by atoms with van der Waals surface area (Å²) >= 11 is 0. The molecule has 9 nitrogen and oxygen atoms in total. The third-order valence-electron chi connectivity index (χ3n) is 7.72. The summed E-state index contributed by atoms with van der Waals surface area (Å²) in [7, 11) is 5.70. The lowest BCUT2D eigenvalue weighted by Crippen LogP contribution is -2.58. The van der Waals surface area contributed by atoms with Gasteiger partial charge in [-0.05, 0) is 46.5 Å². The first-order valence-corrected chi connectivity index (χ1v) is 13.7. The van der Waals surface area contributed by atoms with Crippen LogP contribution in [0.4, 0.5) is 0 Å². The van der Waals surface area contributed by atoms with Crippen LogP contribution in [-0.2, 0) is 38.0 Å². The molecule has 9 heteroatoms. The molecule has 38 heavy (non-hydrogen) atoms. The summed E-state index contributed by atoms with van der Waals surface area (Å²) in [4.78, 5) is 14.7. The van der Waals surface area contributed by atoms with Crippen molar-refractivity contribution >= 4 is 5.78 Å². The van der Waals surface area contributed by atoms with E-state index in [1.54, 1.807) is 31.4 Å². The molecule has 0 aromatic rings. The van der Waals surface area contributed by atoms with E-state index in [1.807, 2.05) is 34.9 Å². The predicted molar refractivity (Wildman–Crippen MR) is 144 cm³/mol. The van der Waals surface area contributed by atoms with Gasteiger partial charge in [0.15, 0.2) is 18.4 Å². The fourth-order valence-electron chi connectivity index (χ4n) is 5.87. The van der Waals surface area contributed by atoms with Gasteiger partial charge in [0.25, 0.3) is 0 Å². The molecule has 2 aliphatic heterocycles. The number of ether oxygens (including phenoxy) is 7. The Labute approximate surface area is 228 Å². The zero-order valence-corrected chi connectivity index (χ0v) is 23.9. The van der Waals surface area contributed by atoms with Gasteiger partial charge >= 0.3 is 0 Å². The van der Waals surface area contributed by atoms with E-state index in [0.717, 1.165) is 0 Å². The largest absolute Gasteiger partial charge is 0.378 e. The summed E-state index contributed by atoms with van der Waals surface area (Å²) in [5.74, 6) is -0.0103. The molecule has 3 aliphatic rings. The molecule has 0 aromatic carbocycles. The molecular weight excluding hydrogens is 490 g/mol. The van der Waals surface area contributed by atoms with E-state index in [4.69, 9.17) is 33.2 Å². The van der Waals surface area contributed by atoms with Crippen LogP contribution in [0, 0.1) is 0 Å². The molecule has 10 atom stereocenters. The molecule has 2 fully saturated rings. The summed E-state index contributed by atoms with van der Waals surface area (Å²) in [5.41, 5.74) is -0.911. The average Bonchev–Trinajstić information content (AvgIpc) is 2.87. The van der Waals surface area contributed by atoms with Crippen LogP contribution in [0.1, 0.15) is 46.5 Å². The van der Waals surface area contributed by atoms with Crippen molar-refractivity contribution in [1.82, 2.24) is 4.90 Å². The van der Waals surface area contributed by atoms with Crippen LogP contribution in [0.5, 0.6) is 0 Å². The molecule has 0 bridgehead atoms. The molecule has 2 heterocycles. The number of carbonyl (C=O) groups is 1. The van der Waals surface area contributed by atoms with Gasteiger partial charge in [0.2, 0.25) is 0 Å². The Bertz CT molecular complexity index is 818. The Balaban J connectivity index is 1.76. The summed E-state index contributed by atoms with van der Waals surface area (Å²) in [6.07, 6.45) is 5.99. The molecular formula is C29H47NO8. The van der Waals surface area contributed by atoms with Gasteiger partial charge in [-0.15, -0.1) is 13.2 Å². The molecule has 0 amide bonds. The van der Waals surface area contributed by atoms with Gasteiger partial charge < -0.3 is 38.1 Å². The van der Waals surface area contributed by atoms with E-state index in [0.29, 0.717) is 32.5 Å². The smallest absolute Gasteiger partial charge is 0.161 e. The molecule has 0 aromatic heterocycles. The van der Waals surface area contributed by atoms with Gasteiger partial charge in [-0.25, -0.2) is 0 Å². The number of hydrogen-bond donors (Lipinski definition) is 0. The number of likely N-dealkylation sites (N-methyl/N-ethyl adjacent to an activating group) is 1. The first-order chi connectivity index (χ1) is 18.2. The molecule has 0 N–H and O–H groups in total. The van der Waals surface area contributed by atoms with E-state index in [9.17, 15) is 4.79 Å². The van der Waals surface area contributed by atoms with E-state index in [-0.39, 0.29) is 48.8 Å². The molecule has 0 spiro atoms. The highest BCUT2D eigenvalue weighted by molar-refractivity contribution is 5.91. The second-order valence-corrected chi connectivity index (χ2v) is 10.6. The fraction of sp³-hybridized carbons (Fsp3) is 0.759. The number of hydrogen-bond acceptors (Lipinski definition) is 9. The SMILES string of the molecule is C=CCO[C@H]1[C@H](C)O[C@@H](O[C@@]2(CC)CC(=O)C=C[C@H]2O[C@@H]2C[C@H](OCC=C)[C@@H](N(C)C)[C@H](C)O2)C[C@@H]1OC. The second kappa shape index (κ2) is 14.3. The van der Waals surface area contributed by atoms with Crippen LogP contribution in [0.2, 0.25) is 0 Å². The maximum atomic E-state index is 12.6. The van der Waals surface area contributed by atoms with Crippen LogP contribution in [0.3, 0.4) is 0 Å². The van der Waals surface area contributed by atoms with Gasteiger partial charge in [-0.3, -0.25) is 4.79 Å². The highest BCUT2D eigenvalue weighted by Crippen LogP contribution is 2.38. The van der Waals surface area contributed by atoms with Gasteiger partial charge in [0.05, 0.1) is 43.7 Å². The second-order valence-electron chi connectivity index (χ2n) is 10.6. The Morgan fingerprint density at radius 3 is 2.34 bits per heavy atom. The number of nitrogens with zero attached hydrogens (tertiary/aromatic N) is 1. The maximum absolute atomic E-state index is 12.6. The van der Waals surface area contributed by atoms with Crippen LogP contribution >= 0.6 is 0 Å². The predicted octanol–water partition coefficient (Wildman–Crippen LogP) is 3.42. The molecule has 0 unspecified atom stereocenters. The standard InChI is InChI=1S/C29H47NO8/c1-9-14-33-22-16-25(35-19(4)27(22)30(6)7)37-24-13-12-21(31)18-29(24,11-3)38-26-17-23(32-8)28(20(5)36-26)34-15-10-2/h9-10,12-13,19-20,22-28H,1-2,11,14-18H2,3-8H3/t19-,20-,22-,23-,24+,25+,26-,27-,28-,29-/m0/s1. The zero-order chi connectivity index (χ0) is 27.9. The van der Waals surface area contributed by atoms with E-state index < -0.39 is 24.3 Å². The minimum atomic E-state index is -0.911. The topological polar surface area (TPSA) is 84.9 Å². The summed E-state index contributed by atoms with van der Waals surface area (Å²) < 4.78 is 43.5. The van der Waals surface area contributed by atoms with Crippen molar-refractivity contribution in [3.05, 3.63) is 37.5 Å². The van der Waals surface area contributed by atoms with E-state index in [2.05, 4.69) is 18.1 Å². The summed E-state index contributed by atoms with van der Waals surface area (Å²) in [6.45, 7) is 14.3. The van der Waals surface area contributed by atoms with Crippen LogP contribution in [-0.4, -0.2) is 106 Å². The zero-order valence-electron chi connectivity index (χ0n) is 23.9. The van der Waals surface area contributed by atoms with Crippen molar-refractivity contribution in [3.8, 4) is 0 Å². The van der Waals surface area contributed by atoms with Gasteiger partial charge in [-0.2, -0.15) is 0 Å². The number of carbonyl (C=O) groups excluding carboxylic acids is 1. The van der Waals surface area contributed by atoms with Gasteiger partial charge in [0.1, 0.15) is 17.8 Å². The van der Waals surface area contributed by atoms with Crippen molar-refractivity contribution in [2.24, 2.45) is 0 Å². The third-order valence-corrected chi connectivity index (χ3v) is 7.72. The van der Waals surface area contributed by atoms with Crippen molar-refractivity contribution in [2.75, 3.05) is 34.4 Å². The van der Waals surface area contributed by atoms with Crippen molar-refractivity contribution in [3.63, 3.8) is 0 Å². The van der Waals surface area contributed by atoms with Crippen molar-refractivity contribution in [1.29, 1.82) is 0 Å². The van der Waals surface area contributed by atoms with Crippen LogP contribution in [0.25, 0.3) is 0 Å². The number of allylic oxidation sites excluding steroid dienone is 1. The van der Waals surface area contributed by atoms with E-state index >= 15 is 0 Å². The van der Waals surface area contributed by atoms with Gasteiger partial charge in [0, 0.05) is 26.4 Å². The molecule has 1 aliphatic carbocycles. The maximum Gasteiger partial charge on any atom is 0.161 e. The lowest BCUT2D eigenvalue weighted by molar-refractivity contribution is -0.318. The third kappa shape index (κ3) is 7.40. The van der Waals surface area contributed by atoms with Crippen LogP contribution in [0.15, 0.2) is 37.5 Å². The lowest BCUT2D eigenvalue weighted by Gasteiger charge is -2.48. The Kier molecular flexibility index (Phi) is 11.7. The highest BCUT2D eigenvalue weighted by atomic mass is 16.7. The molecule has 0 saturated carbocycles. The van der Waals surface area contributed by atoms with Gasteiger partial charge in [-0.1, -0.05) is 19.1 Å². The molecule has 3 rings (SSSR count). The minimum absolute atomic E-state index is 0.0103. The number of ketones is 1. The first-order valence-electron chi connectivity index (χ1n) is 13.7. The Hall–Kier alpha value is -1.43. The Morgan fingerprint density at radius 2 is 1.71 bits per heavy atom. The molecule has 0 radical (unpaired) electrons. The normalized spacial score (nSPS) is 39.9. The number of rotatable bonds is 13. The minimum Gasteiger partial charge on any atom is -0.378 e. The monoisotopic (exact) mass is 537 g/mol. The first kappa shape index (κ1) is 31.1. The lowest BCUT2D eigenvalue weighted by atomic mass is 9.83. The quantitative estimate of drug-likeness (QED) is 0.328. The molecule has 2 saturated heterocycles. The molecule has 216 valence electrons. The fourth-order valence-corrected chi connectivity index (χ4v) is 5.87. The van der Waals surface area contributed by atoms with Crippen molar-refractivity contribution < 1.29 is 38.0 Å². The number of methoxy groups -OCH3 is 1. The highest BCUT2D eigenvalue weighted by Gasteiger charge is 2.49.